The second-order valence-electron chi connectivity index (χ2n) is 8.02. The number of ether oxygens (including phenoxy) is 1. The summed E-state index contributed by atoms with van der Waals surface area (Å²) in [5.41, 5.74) is 4.56. The van der Waals surface area contributed by atoms with E-state index in [0.717, 1.165) is 16.7 Å². The SMILES string of the molecule is CCOCc1ccc(CNC(=O)c2cccc(S(=O)(=O)N3CCc4ccccc4C3)c2)cc1. The van der Waals surface area contributed by atoms with Crippen molar-refractivity contribution in [3.8, 4) is 0 Å². The van der Waals surface area contributed by atoms with Crippen molar-refractivity contribution >= 4 is 15.9 Å². The lowest BCUT2D eigenvalue weighted by molar-refractivity contribution is 0.0950. The molecule has 1 aliphatic rings. The second-order valence-corrected chi connectivity index (χ2v) is 9.96. The smallest absolute Gasteiger partial charge is 0.251 e. The number of amides is 1. The normalized spacial score (nSPS) is 14.0. The minimum absolute atomic E-state index is 0.134. The van der Waals surface area contributed by atoms with Crippen molar-refractivity contribution in [1.29, 1.82) is 0 Å². The Hall–Kier alpha value is -3.00. The molecule has 0 aromatic heterocycles. The number of carbonyl (C=O) groups excluding carboxylic acids is 1. The zero-order chi connectivity index (χ0) is 23.3. The van der Waals surface area contributed by atoms with Crippen LogP contribution >= 0.6 is 0 Å². The first-order valence-electron chi connectivity index (χ1n) is 11.1. The molecular weight excluding hydrogens is 436 g/mol. The summed E-state index contributed by atoms with van der Waals surface area (Å²) in [5.74, 6) is -0.311. The van der Waals surface area contributed by atoms with Crippen molar-refractivity contribution in [3.05, 3.63) is 101 Å². The van der Waals surface area contributed by atoms with E-state index < -0.39 is 10.0 Å². The Kier molecular flexibility index (Phi) is 7.23. The highest BCUT2D eigenvalue weighted by molar-refractivity contribution is 7.89. The van der Waals surface area contributed by atoms with Crippen molar-refractivity contribution < 1.29 is 17.9 Å². The van der Waals surface area contributed by atoms with Gasteiger partial charge >= 0.3 is 0 Å². The highest BCUT2D eigenvalue weighted by Gasteiger charge is 2.28. The largest absolute Gasteiger partial charge is 0.377 e. The van der Waals surface area contributed by atoms with E-state index in [1.807, 2.05) is 55.5 Å². The molecule has 4 rings (SSSR count). The number of carbonyl (C=O) groups is 1. The van der Waals surface area contributed by atoms with Crippen LogP contribution in [0, 0.1) is 0 Å². The molecular formula is C26H28N2O4S. The maximum atomic E-state index is 13.2. The molecule has 1 amide bonds. The molecule has 7 heteroatoms. The fraction of sp³-hybridized carbons (Fsp3) is 0.269. The molecule has 3 aromatic rings. The molecule has 33 heavy (non-hydrogen) atoms. The lowest BCUT2D eigenvalue weighted by Gasteiger charge is -2.28. The Morgan fingerprint density at radius 3 is 2.45 bits per heavy atom. The maximum Gasteiger partial charge on any atom is 0.251 e. The zero-order valence-corrected chi connectivity index (χ0v) is 19.5. The predicted octanol–water partition coefficient (Wildman–Crippen LogP) is 3.90. The lowest BCUT2D eigenvalue weighted by atomic mass is 10.0. The van der Waals surface area contributed by atoms with Gasteiger partial charge in [0.2, 0.25) is 10.0 Å². The molecule has 0 aliphatic carbocycles. The number of rotatable bonds is 8. The highest BCUT2D eigenvalue weighted by atomic mass is 32.2. The number of nitrogens with zero attached hydrogens (tertiary/aromatic N) is 1. The molecule has 1 heterocycles. The third kappa shape index (κ3) is 5.50. The van der Waals surface area contributed by atoms with Gasteiger partial charge in [-0.2, -0.15) is 4.31 Å². The van der Waals surface area contributed by atoms with Gasteiger partial charge in [-0.25, -0.2) is 8.42 Å². The summed E-state index contributed by atoms with van der Waals surface area (Å²) in [4.78, 5) is 12.8. The van der Waals surface area contributed by atoms with Crippen LogP contribution in [-0.4, -0.2) is 31.8 Å². The van der Waals surface area contributed by atoms with Crippen molar-refractivity contribution in [3.63, 3.8) is 0 Å². The molecule has 0 spiro atoms. The molecule has 0 saturated heterocycles. The van der Waals surface area contributed by atoms with Crippen molar-refractivity contribution in [1.82, 2.24) is 9.62 Å². The van der Waals surface area contributed by atoms with Gasteiger partial charge in [-0.1, -0.05) is 54.6 Å². The Labute approximate surface area is 195 Å². The fourth-order valence-electron chi connectivity index (χ4n) is 3.88. The third-order valence-corrected chi connectivity index (χ3v) is 7.62. The topological polar surface area (TPSA) is 75.7 Å². The average Bonchev–Trinajstić information content (AvgIpc) is 2.86. The van der Waals surface area contributed by atoms with Gasteiger partial charge in [0, 0.05) is 31.8 Å². The number of hydrogen-bond acceptors (Lipinski definition) is 4. The third-order valence-electron chi connectivity index (χ3n) is 5.78. The quantitative estimate of drug-likeness (QED) is 0.549. The summed E-state index contributed by atoms with van der Waals surface area (Å²) in [6.45, 7) is 4.30. The maximum absolute atomic E-state index is 13.2. The lowest BCUT2D eigenvalue weighted by Crippen LogP contribution is -2.36. The molecule has 0 unspecified atom stereocenters. The Morgan fingerprint density at radius 2 is 1.70 bits per heavy atom. The predicted molar refractivity (Wildman–Crippen MR) is 127 cm³/mol. The van der Waals surface area contributed by atoms with E-state index in [4.69, 9.17) is 4.74 Å². The van der Waals surface area contributed by atoms with Gasteiger partial charge in [0.25, 0.3) is 5.91 Å². The van der Waals surface area contributed by atoms with Crippen LogP contribution in [0.1, 0.15) is 39.5 Å². The first kappa shape index (κ1) is 23.2. The molecule has 172 valence electrons. The summed E-state index contributed by atoms with van der Waals surface area (Å²) in [5, 5.41) is 2.87. The number of fused-ring (bicyclic) bond motifs is 1. The van der Waals surface area contributed by atoms with Crippen molar-refractivity contribution in [2.75, 3.05) is 13.2 Å². The number of hydrogen-bond donors (Lipinski definition) is 1. The monoisotopic (exact) mass is 464 g/mol. The second kappa shape index (κ2) is 10.3. The van der Waals surface area contributed by atoms with Crippen LogP contribution in [0.3, 0.4) is 0 Å². The fourth-order valence-corrected chi connectivity index (χ4v) is 5.34. The van der Waals surface area contributed by atoms with Crippen LogP contribution < -0.4 is 5.32 Å². The summed E-state index contributed by atoms with van der Waals surface area (Å²) >= 11 is 0. The molecule has 6 nitrogen and oxygen atoms in total. The van der Waals surface area contributed by atoms with Gasteiger partial charge in [0.05, 0.1) is 11.5 Å². The molecule has 3 aromatic carbocycles. The summed E-state index contributed by atoms with van der Waals surface area (Å²) in [6, 6.07) is 22.0. The number of nitrogens with one attached hydrogen (secondary N) is 1. The van der Waals surface area contributed by atoms with Crippen LogP contribution in [0.4, 0.5) is 0 Å². The number of benzene rings is 3. The summed E-state index contributed by atoms with van der Waals surface area (Å²) < 4.78 is 33.4. The van der Waals surface area contributed by atoms with Gasteiger partial charge in [-0.3, -0.25) is 4.79 Å². The molecule has 0 bridgehead atoms. The van der Waals surface area contributed by atoms with E-state index in [9.17, 15) is 13.2 Å². The summed E-state index contributed by atoms with van der Waals surface area (Å²) in [6.07, 6.45) is 0.680. The van der Waals surface area contributed by atoms with Gasteiger partial charge < -0.3 is 10.1 Å². The number of sulfonamides is 1. The molecule has 1 N–H and O–H groups in total. The first-order valence-corrected chi connectivity index (χ1v) is 12.5. The van der Waals surface area contributed by atoms with Crippen molar-refractivity contribution in [2.45, 2.75) is 37.9 Å². The van der Waals surface area contributed by atoms with Crippen LogP contribution in [-0.2, 0) is 40.9 Å². The van der Waals surface area contributed by atoms with E-state index >= 15 is 0 Å². The van der Waals surface area contributed by atoms with E-state index in [1.54, 1.807) is 18.2 Å². The molecule has 0 radical (unpaired) electrons. The molecule has 0 fully saturated rings. The van der Waals surface area contributed by atoms with E-state index in [1.165, 1.54) is 15.9 Å². The van der Waals surface area contributed by atoms with Gasteiger partial charge in [-0.05, 0) is 53.8 Å². The van der Waals surface area contributed by atoms with Gasteiger partial charge in [0.15, 0.2) is 0 Å². The minimum atomic E-state index is -3.70. The van der Waals surface area contributed by atoms with Crippen LogP contribution in [0.5, 0.6) is 0 Å². The van der Waals surface area contributed by atoms with Crippen LogP contribution in [0.2, 0.25) is 0 Å². The molecule has 1 aliphatic heterocycles. The highest BCUT2D eigenvalue weighted by Crippen LogP contribution is 2.25. The minimum Gasteiger partial charge on any atom is -0.377 e. The first-order chi connectivity index (χ1) is 16.0. The molecule has 0 saturated carbocycles. The Balaban J connectivity index is 1.42. The van der Waals surface area contributed by atoms with Crippen molar-refractivity contribution in [2.24, 2.45) is 0 Å². The zero-order valence-electron chi connectivity index (χ0n) is 18.7. The van der Waals surface area contributed by atoms with Crippen LogP contribution in [0.25, 0.3) is 0 Å². The van der Waals surface area contributed by atoms with Gasteiger partial charge in [0.1, 0.15) is 0 Å². The van der Waals surface area contributed by atoms with E-state index in [2.05, 4.69) is 5.32 Å². The average molecular weight is 465 g/mol. The van der Waals surface area contributed by atoms with E-state index in [-0.39, 0.29) is 10.8 Å². The van der Waals surface area contributed by atoms with Gasteiger partial charge in [-0.15, -0.1) is 0 Å². The Bertz CT molecular complexity index is 1220. The Morgan fingerprint density at radius 1 is 0.970 bits per heavy atom. The van der Waals surface area contributed by atoms with Crippen LogP contribution in [0.15, 0.2) is 77.7 Å². The van der Waals surface area contributed by atoms with E-state index in [0.29, 0.717) is 44.8 Å². The molecule has 0 atom stereocenters. The summed E-state index contributed by atoms with van der Waals surface area (Å²) in [7, 11) is -3.70. The standard InChI is InChI=1S/C26H28N2O4S/c1-2-32-19-21-12-10-20(11-13-21)17-27-26(29)23-8-5-9-25(16-23)33(30,31)28-15-14-22-6-3-4-7-24(22)18-28/h3-13,16H,2,14-15,17-19H2,1H3,(H,27,29).